The maximum atomic E-state index is 12.9. The number of hydrogen-bond donors (Lipinski definition) is 0. The number of carbonyl (C=O) groups is 1. The average Bonchev–Trinajstić information content (AvgIpc) is 3.45. The van der Waals surface area contributed by atoms with Crippen LogP contribution in [0.5, 0.6) is 5.75 Å². The van der Waals surface area contributed by atoms with Gasteiger partial charge in [-0.1, -0.05) is 48.6 Å². The zero-order valence-corrected chi connectivity index (χ0v) is 17.4. The maximum absolute atomic E-state index is 12.9. The average molecular weight is 404 g/mol. The predicted molar refractivity (Wildman–Crippen MR) is 122 cm³/mol. The Kier molecular flexibility index (Phi) is 3.64. The number of ether oxygens (including phenoxy) is 1. The molecule has 31 heavy (non-hydrogen) atoms. The van der Waals surface area contributed by atoms with Crippen LogP contribution in [0.2, 0.25) is 0 Å². The van der Waals surface area contributed by atoms with Gasteiger partial charge in [0.05, 0.1) is 0 Å². The summed E-state index contributed by atoms with van der Waals surface area (Å²) in [6.07, 6.45) is 19.9. The van der Waals surface area contributed by atoms with Crippen molar-refractivity contribution in [1.29, 1.82) is 0 Å². The lowest BCUT2D eigenvalue weighted by Crippen LogP contribution is -2.26. The minimum absolute atomic E-state index is 0.134. The third kappa shape index (κ3) is 2.48. The van der Waals surface area contributed by atoms with Crippen LogP contribution in [-0.2, 0) is 24.1 Å². The second-order valence-corrected chi connectivity index (χ2v) is 9.26. The van der Waals surface area contributed by atoms with Crippen molar-refractivity contribution >= 4 is 17.4 Å². The summed E-state index contributed by atoms with van der Waals surface area (Å²) in [4.78, 5) is 12.9. The number of ketones is 1. The summed E-state index contributed by atoms with van der Waals surface area (Å²) in [5.74, 6) is 1.64. The Balaban J connectivity index is 1.29. The molecule has 1 aliphatic heterocycles. The minimum Gasteiger partial charge on any atom is -0.489 e. The van der Waals surface area contributed by atoms with E-state index in [0.29, 0.717) is 18.1 Å². The van der Waals surface area contributed by atoms with Gasteiger partial charge >= 0.3 is 0 Å². The zero-order valence-electron chi connectivity index (χ0n) is 17.4. The summed E-state index contributed by atoms with van der Waals surface area (Å²) in [6.45, 7) is 0. The van der Waals surface area contributed by atoms with Crippen molar-refractivity contribution in [2.45, 2.75) is 50.5 Å². The van der Waals surface area contributed by atoms with Crippen molar-refractivity contribution in [2.75, 3.05) is 0 Å². The van der Waals surface area contributed by atoms with E-state index in [4.69, 9.17) is 4.74 Å². The quantitative estimate of drug-likeness (QED) is 0.612. The number of allylic oxidation sites excluding steroid dienone is 6. The van der Waals surface area contributed by atoms with E-state index >= 15 is 0 Å². The van der Waals surface area contributed by atoms with Gasteiger partial charge in [-0.3, -0.25) is 4.79 Å². The SMILES string of the molecule is O=C1Cc2c(ccc3c2C=CCC3C2Cc3c(ccc4c3[C]=CC4)O2)C2=C1CCC=C2. The van der Waals surface area contributed by atoms with Crippen molar-refractivity contribution < 1.29 is 9.53 Å². The maximum Gasteiger partial charge on any atom is 0.163 e. The van der Waals surface area contributed by atoms with Gasteiger partial charge in [0.2, 0.25) is 0 Å². The molecule has 2 aromatic carbocycles. The summed E-state index contributed by atoms with van der Waals surface area (Å²) in [7, 11) is 0. The van der Waals surface area contributed by atoms with Gasteiger partial charge in [-0.25, -0.2) is 0 Å². The first kappa shape index (κ1) is 17.5. The molecule has 5 aliphatic rings. The monoisotopic (exact) mass is 403 g/mol. The summed E-state index contributed by atoms with van der Waals surface area (Å²) in [6, 6.07) is 8.89. The largest absolute Gasteiger partial charge is 0.489 e. The molecule has 2 aromatic rings. The van der Waals surface area contributed by atoms with Crippen LogP contribution < -0.4 is 4.74 Å². The van der Waals surface area contributed by atoms with Crippen LogP contribution >= 0.6 is 0 Å². The van der Waals surface area contributed by atoms with Crippen molar-refractivity contribution in [1.82, 2.24) is 0 Å². The molecule has 1 radical (unpaired) electrons. The van der Waals surface area contributed by atoms with Gasteiger partial charge < -0.3 is 4.74 Å². The first-order valence-electron chi connectivity index (χ1n) is 11.4. The van der Waals surface area contributed by atoms with Gasteiger partial charge in [0, 0.05) is 29.9 Å². The molecule has 0 saturated heterocycles. The third-order valence-electron chi connectivity index (χ3n) is 7.66. The number of Topliss-reactive ketones (excluding diaryl/α,β-unsaturated/α-hetero) is 1. The lowest BCUT2D eigenvalue weighted by atomic mass is 9.74. The van der Waals surface area contributed by atoms with Crippen LogP contribution in [0.15, 0.2) is 54.1 Å². The molecule has 1 heterocycles. The standard InChI is InChI=1S/C29H23O2/c30-27-15-25-20-9-4-10-24(21(20)12-13-22(25)19-6-1-2-7-23(19)27)29-16-26-18-8-3-5-17(18)11-14-28(26)31-29/h1,3-4,6,9,11-14,24,29H,2,5,7,10,15-16H2. The van der Waals surface area contributed by atoms with E-state index in [1.165, 1.54) is 38.9 Å². The second kappa shape index (κ2) is 6.43. The van der Waals surface area contributed by atoms with Crippen LogP contribution in [0, 0.1) is 6.08 Å². The second-order valence-electron chi connectivity index (χ2n) is 9.26. The smallest absolute Gasteiger partial charge is 0.163 e. The highest BCUT2D eigenvalue weighted by atomic mass is 16.5. The topological polar surface area (TPSA) is 26.3 Å². The molecule has 2 heteroatoms. The fourth-order valence-electron chi connectivity index (χ4n) is 6.16. The fourth-order valence-corrected chi connectivity index (χ4v) is 6.16. The highest BCUT2D eigenvalue weighted by Crippen LogP contribution is 2.46. The van der Waals surface area contributed by atoms with Crippen LogP contribution in [0.4, 0.5) is 0 Å². The number of carbonyl (C=O) groups excluding carboxylic acids is 1. The van der Waals surface area contributed by atoms with Gasteiger partial charge in [0.15, 0.2) is 5.78 Å². The molecule has 0 aromatic heterocycles. The van der Waals surface area contributed by atoms with E-state index in [1.54, 1.807) is 0 Å². The highest BCUT2D eigenvalue weighted by molar-refractivity contribution is 6.10. The van der Waals surface area contributed by atoms with E-state index < -0.39 is 0 Å². The Labute approximate surface area is 182 Å². The summed E-state index contributed by atoms with van der Waals surface area (Å²) >= 11 is 0. The lowest BCUT2D eigenvalue weighted by molar-refractivity contribution is -0.115. The van der Waals surface area contributed by atoms with Crippen molar-refractivity contribution in [3.8, 4) is 5.75 Å². The molecule has 151 valence electrons. The normalized spacial score (nSPS) is 24.5. The van der Waals surface area contributed by atoms with Gasteiger partial charge in [-0.2, -0.15) is 0 Å². The van der Waals surface area contributed by atoms with E-state index in [1.807, 2.05) is 0 Å². The van der Waals surface area contributed by atoms with Crippen LogP contribution in [0.1, 0.15) is 64.1 Å². The van der Waals surface area contributed by atoms with Crippen molar-refractivity contribution in [3.63, 3.8) is 0 Å². The molecule has 0 fully saturated rings. The first-order chi connectivity index (χ1) is 15.3. The highest BCUT2D eigenvalue weighted by Gasteiger charge is 2.37. The Morgan fingerprint density at radius 3 is 2.97 bits per heavy atom. The molecular formula is C29H23O2. The van der Waals surface area contributed by atoms with E-state index in [0.717, 1.165) is 49.0 Å². The number of fused-ring (bicyclic) bond motifs is 7. The summed E-state index contributed by atoms with van der Waals surface area (Å²) in [5, 5.41) is 0. The molecule has 2 unspecified atom stereocenters. The van der Waals surface area contributed by atoms with E-state index in [-0.39, 0.29) is 6.10 Å². The molecule has 7 rings (SSSR count). The molecule has 0 spiro atoms. The van der Waals surface area contributed by atoms with Crippen molar-refractivity contribution in [3.05, 3.63) is 99.2 Å². The molecule has 4 aliphatic carbocycles. The Bertz CT molecular complexity index is 1280. The number of hydrogen-bond acceptors (Lipinski definition) is 2. The van der Waals surface area contributed by atoms with Crippen molar-refractivity contribution in [2.24, 2.45) is 0 Å². The third-order valence-corrected chi connectivity index (χ3v) is 7.66. The predicted octanol–water partition coefficient (Wildman–Crippen LogP) is 5.68. The Morgan fingerprint density at radius 1 is 1.03 bits per heavy atom. The van der Waals surface area contributed by atoms with Gasteiger partial charge in [0.25, 0.3) is 0 Å². The Hall–Kier alpha value is -3.13. The van der Waals surface area contributed by atoms with E-state index in [2.05, 4.69) is 60.7 Å². The minimum atomic E-state index is 0.134. The lowest BCUT2D eigenvalue weighted by Gasteiger charge is -2.31. The fraction of sp³-hybridized carbons (Fsp3) is 0.276. The summed E-state index contributed by atoms with van der Waals surface area (Å²) < 4.78 is 6.50. The molecule has 0 N–H and O–H groups in total. The molecule has 2 nitrogen and oxygen atoms in total. The molecule has 0 bridgehead atoms. The van der Waals surface area contributed by atoms with Crippen LogP contribution in [-0.4, -0.2) is 11.9 Å². The van der Waals surface area contributed by atoms with E-state index in [9.17, 15) is 4.79 Å². The van der Waals surface area contributed by atoms with Crippen LogP contribution in [0.3, 0.4) is 0 Å². The molecule has 2 atom stereocenters. The molecule has 0 amide bonds. The van der Waals surface area contributed by atoms with Gasteiger partial charge in [-0.15, -0.1) is 0 Å². The number of benzene rings is 2. The summed E-state index contributed by atoms with van der Waals surface area (Å²) in [5.41, 5.74) is 11.2. The van der Waals surface area contributed by atoms with Crippen LogP contribution in [0.25, 0.3) is 11.6 Å². The molecular weight excluding hydrogens is 380 g/mol. The van der Waals surface area contributed by atoms with Gasteiger partial charge in [0.1, 0.15) is 11.9 Å². The molecule has 0 saturated carbocycles. The zero-order chi connectivity index (χ0) is 20.5. The first-order valence-corrected chi connectivity index (χ1v) is 11.4. The number of rotatable bonds is 1. The van der Waals surface area contributed by atoms with Gasteiger partial charge in [-0.05, 0) is 76.8 Å². The Morgan fingerprint density at radius 2 is 2.00 bits per heavy atom.